The number of fused-ring (bicyclic) bond motifs is 1. The molecule has 0 saturated carbocycles. The Morgan fingerprint density at radius 2 is 1.72 bits per heavy atom. The van der Waals surface area contributed by atoms with Gasteiger partial charge in [0.15, 0.2) is 0 Å². The first-order valence-electron chi connectivity index (χ1n) is 8.83. The number of pyridine rings is 1. The molecule has 0 aliphatic carbocycles. The monoisotopic (exact) mass is 331 g/mol. The molecule has 3 heteroatoms. The molecule has 1 aromatic heterocycles. The molecular formula is C22H25N3. The molecule has 3 rings (SSSR count). The van der Waals surface area contributed by atoms with E-state index in [1.54, 1.807) is 0 Å². The second-order valence-corrected chi connectivity index (χ2v) is 6.96. The third-order valence-electron chi connectivity index (χ3n) is 4.38. The predicted molar refractivity (Wildman–Crippen MR) is 108 cm³/mol. The van der Waals surface area contributed by atoms with Crippen molar-refractivity contribution >= 4 is 22.9 Å². The van der Waals surface area contributed by atoms with E-state index in [9.17, 15) is 0 Å². The van der Waals surface area contributed by atoms with Gasteiger partial charge in [-0.15, -0.1) is 0 Å². The number of benzene rings is 2. The lowest BCUT2D eigenvalue weighted by atomic mass is 9.92. The summed E-state index contributed by atoms with van der Waals surface area (Å²) in [6.07, 6.45) is 1.90. The quantitative estimate of drug-likeness (QED) is 0.465. The summed E-state index contributed by atoms with van der Waals surface area (Å²) in [5, 5.41) is 5.55. The first-order chi connectivity index (χ1) is 12.0. The van der Waals surface area contributed by atoms with Crippen LogP contribution in [0.4, 0.5) is 5.82 Å². The number of rotatable bonds is 5. The van der Waals surface area contributed by atoms with Gasteiger partial charge in [0.25, 0.3) is 0 Å². The minimum Gasteiger partial charge on any atom is -0.261 e. The highest BCUT2D eigenvalue weighted by Gasteiger charge is 2.08. The van der Waals surface area contributed by atoms with Crippen molar-refractivity contribution in [3.63, 3.8) is 0 Å². The largest absolute Gasteiger partial charge is 0.261 e. The van der Waals surface area contributed by atoms with E-state index in [0.717, 1.165) is 22.3 Å². The molecular weight excluding hydrogens is 306 g/mol. The van der Waals surface area contributed by atoms with Crippen LogP contribution in [0, 0.1) is 0 Å². The molecule has 0 amide bonds. The van der Waals surface area contributed by atoms with Crippen molar-refractivity contribution < 1.29 is 0 Å². The lowest BCUT2D eigenvalue weighted by molar-refractivity contribution is 0.843. The smallest absolute Gasteiger partial charge is 0.146 e. The molecule has 0 saturated heterocycles. The molecule has 0 fully saturated rings. The summed E-state index contributed by atoms with van der Waals surface area (Å²) < 4.78 is 0. The second-order valence-electron chi connectivity index (χ2n) is 6.96. The van der Waals surface area contributed by atoms with Crippen LogP contribution in [0.2, 0.25) is 0 Å². The van der Waals surface area contributed by atoms with E-state index in [0.29, 0.717) is 11.8 Å². The van der Waals surface area contributed by atoms with Crippen LogP contribution in [0.5, 0.6) is 0 Å². The van der Waals surface area contributed by atoms with Gasteiger partial charge in [0.1, 0.15) is 5.82 Å². The maximum absolute atomic E-state index is 4.58. The van der Waals surface area contributed by atoms with E-state index in [1.807, 2.05) is 30.5 Å². The Morgan fingerprint density at radius 3 is 2.48 bits per heavy atom. The van der Waals surface area contributed by atoms with Crippen molar-refractivity contribution in [2.75, 3.05) is 5.43 Å². The van der Waals surface area contributed by atoms with Crippen LogP contribution >= 0.6 is 0 Å². The number of nitrogens with one attached hydrogen (secondary N) is 1. The van der Waals surface area contributed by atoms with Gasteiger partial charge in [-0.25, -0.2) is 4.98 Å². The van der Waals surface area contributed by atoms with Crippen molar-refractivity contribution in [1.29, 1.82) is 0 Å². The van der Waals surface area contributed by atoms with Crippen molar-refractivity contribution in [3.8, 4) is 0 Å². The Bertz CT molecular complexity index is 895. The van der Waals surface area contributed by atoms with E-state index in [2.05, 4.69) is 73.5 Å². The van der Waals surface area contributed by atoms with Crippen LogP contribution in [0.15, 0.2) is 59.7 Å². The summed E-state index contributed by atoms with van der Waals surface area (Å²) in [5.41, 5.74) is 7.82. The predicted octanol–water partition coefficient (Wildman–Crippen LogP) is 5.93. The highest BCUT2D eigenvalue weighted by molar-refractivity contribution is 5.83. The highest BCUT2D eigenvalue weighted by Crippen LogP contribution is 2.23. The first-order valence-corrected chi connectivity index (χ1v) is 8.83. The van der Waals surface area contributed by atoms with Crippen LogP contribution in [0.25, 0.3) is 10.9 Å². The Balaban J connectivity index is 1.83. The van der Waals surface area contributed by atoms with Crippen molar-refractivity contribution in [3.05, 3.63) is 71.3 Å². The fraction of sp³-hybridized carbons (Fsp3) is 0.273. The maximum atomic E-state index is 4.58. The van der Waals surface area contributed by atoms with E-state index < -0.39 is 0 Å². The molecule has 1 heterocycles. The fourth-order valence-electron chi connectivity index (χ4n) is 2.89. The molecule has 2 aromatic carbocycles. The standard InChI is InChI=1S/C22H25N3/c1-15(2)18-9-11-20(16(3)4)19(13-18)14-23-25-22-12-10-17-7-5-6-8-21(17)24-22/h5-16H,1-4H3,(H,24,25)/b23-14+. The number of anilines is 1. The van der Waals surface area contributed by atoms with Gasteiger partial charge >= 0.3 is 0 Å². The molecule has 128 valence electrons. The molecule has 25 heavy (non-hydrogen) atoms. The minimum atomic E-state index is 0.460. The van der Waals surface area contributed by atoms with Gasteiger partial charge in [-0.3, -0.25) is 5.43 Å². The highest BCUT2D eigenvalue weighted by atomic mass is 15.3. The summed E-state index contributed by atoms with van der Waals surface area (Å²) in [4.78, 5) is 4.58. The fourth-order valence-corrected chi connectivity index (χ4v) is 2.89. The summed E-state index contributed by atoms with van der Waals surface area (Å²) in [6.45, 7) is 8.84. The van der Waals surface area contributed by atoms with Crippen LogP contribution in [0.3, 0.4) is 0 Å². The van der Waals surface area contributed by atoms with Gasteiger partial charge in [0.05, 0.1) is 11.7 Å². The van der Waals surface area contributed by atoms with Crippen molar-refractivity contribution in [2.24, 2.45) is 5.10 Å². The van der Waals surface area contributed by atoms with Gasteiger partial charge in [0.2, 0.25) is 0 Å². The molecule has 3 aromatic rings. The van der Waals surface area contributed by atoms with Crippen LogP contribution in [-0.2, 0) is 0 Å². The molecule has 0 unspecified atom stereocenters. The molecule has 1 N–H and O–H groups in total. The normalized spacial score (nSPS) is 11.8. The van der Waals surface area contributed by atoms with Gasteiger partial charge in [-0.2, -0.15) is 5.10 Å². The molecule has 3 nitrogen and oxygen atoms in total. The van der Waals surface area contributed by atoms with Crippen LogP contribution in [-0.4, -0.2) is 11.2 Å². The van der Waals surface area contributed by atoms with E-state index in [4.69, 9.17) is 0 Å². The summed E-state index contributed by atoms with van der Waals surface area (Å²) in [5.74, 6) is 1.71. The Morgan fingerprint density at radius 1 is 0.920 bits per heavy atom. The molecule has 0 radical (unpaired) electrons. The van der Waals surface area contributed by atoms with E-state index in [-0.39, 0.29) is 0 Å². The number of hydrogen-bond donors (Lipinski definition) is 1. The molecule has 0 aliphatic heterocycles. The van der Waals surface area contributed by atoms with Crippen molar-refractivity contribution in [2.45, 2.75) is 39.5 Å². The topological polar surface area (TPSA) is 37.3 Å². The summed E-state index contributed by atoms with van der Waals surface area (Å²) >= 11 is 0. The SMILES string of the molecule is CC(C)c1ccc(C(C)C)c(/C=N/Nc2ccc3ccccc3n2)c1. The van der Waals surface area contributed by atoms with Gasteiger partial charge in [-0.1, -0.05) is 58.0 Å². The summed E-state index contributed by atoms with van der Waals surface area (Å²) in [7, 11) is 0. The number of para-hydroxylation sites is 1. The Kier molecular flexibility index (Phi) is 5.13. The number of hydrogen-bond acceptors (Lipinski definition) is 3. The zero-order chi connectivity index (χ0) is 17.8. The molecule has 0 atom stereocenters. The minimum absolute atomic E-state index is 0.460. The van der Waals surface area contributed by atoms with Gasteiger partial charge in [-0.05, 0) is 52.8 Å². The average molecular weight is 331 g/mol. The average Bonchev–Trinajstić information content (AvgIpc) is 2.61. The number of aromatic nitrogens is 1. The lowest BCUT2D eigenvalue weighted by Gasteiger charge is -2.13. The van der Waals surface area contributed by atoms with Gasteiger partial charge in [0, 0.05) is 5.39 Å². The Labute approximate surface area is 149 Å². The molecule has 0 spiro atoms. The lowest BCUT2D eigenvalue weighted by Crippen LogP contribution is -2.00. The molecule has 0 aliphatic rings. The first kappa shape index (κ1) is 17.2. The second kappa shape index (κ2) is 7.47. The van der Waals surface area contributed by atoms with Crippen LogP contribution < -0.4 is 5.43 Å². The Hall–Kier alpha value is -2.68. The van der Waals surface area contributed by atoms with Crippen LogP contribution in [0.1, 0.15) is 56.2 Å². The summed E-state index contributed by atoms with van der Waals surface area (Å²) in [6, 6.07) is 18.8. The zero-order valence-corrected chi connectivity index (χ0v) is 15.3. The number of nitrogens with zero attached hydrogens (tertiary/aromatic N) is 2. The van der Waals surface area contributed by atoms with Crippen molar-refractivity contribution in [1.82, 2.24) is 4.98 Å². The van der Waals surface area contributed by atoms with E-state index >= 15 is 0 Å². The molecule has 0 bridgehead atoms. The third-order valence-corrected chi connectivity index (χ3v) is 4.38. The zero-order valence-electron chi connectivity index (χ0n) is 15.3. The number of hydrazone groups is 1. The van der Waals surface area contributed by atoms with Gasteiger partial charge < -0.3 is 0 Å². The third kappa shape index (κ3) is 4.05. The van der Waals surface area contributed by atoms with E-state index in [1.165, 1.54) is 11.1 Å². The maximum Gasteiger partial charge on any atom is 0.146 e.